The zero-order valence-electron chi connectivity index (χ0n) is 13.4. The van der Waals surface area contributed by atoms with E-state index in [2.05, 4.69) is 26.1 Å². The lowest BCUT2D eigenvalue weighted by molar-refractivity contribution is 0.227. The summed E-state index contributed by atoms with van der Waals surface area (Å²) < 4.78 is 28.6. The van der Waals surface area contributed by atoms with Crippen molar-refractivity contribution in [1.29, 1.82) is 0 Å². The molecule has 0 spiro atoms. The summed E-state index contributed by atoms with van der Waals surface area (Å²) >= 11 is 0. The average Bonchev–Trinajstić information content (AvgIpc) is 2.42. The molecular weight excluding hydrogens is 274 g/mol. The van der Waals surface area contributed by atoms with E-state index in [0.717, 1.165) is 38.6 Å². The van der Waals surface area contributed by atoms with Gasteiger partial charge >= 0.3 is 0 Å². The molecule has 0 bridgehead atoms. The molecule has 0 amide bonds. The van der Waals surface area contributed by atoms with Crippen molar-refractivity contribution in [2.75, 3.05) is 26.7 Å². The highest BCUT2D eigenvalue weighted by Gasteiger charge is 2.34. The summed E-state index contributed by atoms with van der Waals surface area (Å²) in [5.74, 6) is 0. The first-order valence-corrected chi connectivity index (χ1v) is 9.25. The van der Waals surface area contributed by atoms with Crippen molar-refractivity contribution in [3.05, 3.63) is 0 Å². The number of hydrogen-bond donors (Lipinski definition) is 1. The van der Waals surface area contributed by atoms with Gasteiger partial charge in [-0.2, -0.15) is 17.0 Å². The molecule has 0 aromatic heterocycles. The van der Waals surface area contributed by atoms with E-state index >= 15 is 0 Å². The molecule has 1 rings (SSSR count). The highest BCUT2D eigenvalue weighted by molar-refractivity contribution is 7.86. The fourth-order valence-electron chi connectivity index (χ4n) is 2.53. The zero-order chi connectivity index (χ0) is 15.2. The number of unbranched alkanes of at least 4 members (excludes halogenated alkanes) is 1. The van der Waals surface area contributed by atoms with Gasteiger partial charge in [-0.05, 0) is 19.3 Å². The maximum atomic E-state index is 12.7. The maximum Gasteiger partial charge on any atom is 0.282 e. The van der Waals surface area contributed by atoms with E-state index in [9.17, 15) is 8.42 Å². The summed E-state index contributed by atoms with van der Waals surface area (Å²) in [4.78, 5) is 0. The van der Waals surface area contributed by atoms with Crippen LogP contribution in [0, 0.1) is 0 Å². The van der Waals surface area contributed by atoms with Crippen molar-refractivity contribution >= 4 is 10.2 Å². The third-order valence-electron chi connectivity index (χ3n) is 3.85. The van der Waals surface area contributed by atoms with E-state index in [-0.39, 0.29) is 6.04 Å². The van der Waals surface area contributed by atoms with Crippen LogP contribution >= 0.6 is 0 Å². The van der Waals surface area contributed by atoms with Gasteiger partial charge in [0.05, 0.1) is 0 Å². The second-order valence-corrected chi connectivity index (χ2v) is 7.99. The summed E-state index contributed by atoms with van der Waals surface area (Å²) in [7, 11) is -1.60. The van der Waals surface area contributed by atoms with Crippen molar-refractivity contribution < 1.29 is 8.42 Å². The fraction of sp³-hybridized carbons (Fsp3) is 1.00. The van der Waals surface area contributed by atoms with E-state index in [1.807, 2.05) is 0 Å². The van der Waals surface area contributed by atoms with Crippen molar-refractivity contribution in [2.45, 2.75) is 65.0 Å². The predicted molar refractivity (Wildman–Crippen MR) is 83.9 cm³/mol. The molecule has 1 saturated heterocycles. The first-order valence-electron chi connectivity index (χ1n) is 7.86. The number of rotatable bonds is 8. The van der Waals surface area contributed by atoms with Gasteiger partial charge in [0.2, 0.25) is 0 Å². The summed E-state index contributed by atoms with van der Waals surface area (Å²) in [5, 5.41) is 3.37. The van der Waals surface area contributed by atoms with Crippen LogP contribution in [-0.4, -0.2) is 55.8 Å². The van der Waals surface area contributed by atoms with E-state index in [1.54, 1.807) is 11.4 Å². The van der Waals surface area contributed by atoms with Crippen LogP contribution in [0.2, 0.25) is 0 Å². The standard InChI is InChI=1S/C14H31N3O2S/c1-5-6-10-16(4)20(18,19)17-11-8-7-9-14(17)12-15-13(2)3/h13-15H,5-12H2,1-4H3. The molecule has 120 valence electrons. The Morgan fingerprint density at radius 1 is 1.35 bits per heavy atom. The number of nitrogens with one attached hydrogen (secondary N) is 1. The minimum atomic E-state index is -3.30. The molecule has 0 radical (unpaired) electrons. The third-order valence-corrected chi connectivity index (χ3v) is 5.90. The van der Waals surface area contributed by atoms with Gasteiger partial charge in [0, 0.05) is 38.8 Å². The van der Waals surface area contributed by atoms with Gasteiger partial charge < -0.3 is 5.32 Å². The van der Waals surface area contributed by atoms with Crippen LogP contribution in [0.25, 0.3) is 0 Å². The summed E-state index contributed by atoms with van der Waals surface area (Å²) in [5.41, 5.74) is 0. The quantitative estimate of drug-likeness (QED) is 0.744. The van der Waals surface area contributed by atoms with Gasteiger partial charge in [-0.15, -0.1) is 0 Å². The minimum absolute atomic E-state index is 0.0974. The van der Waals surface area contributed by atoms with Gasteiger partial charge in [-0.1, -0.05) is 33.6 Å². The van der Waals surface area contributed by atoms with Crippen molar-refractivity contribution in [1.82, 2.24) is 13.9 Å². The van der Waals surface area contributed by atoms with Crippen LogP contribution < -0.4 is 5.32 Å². The van der Waals surface area contributed by atoms with Crippen LogP contribution in [0.3, 0.4) is 0 Å². The molecule has 0 aromatic rings. The lowest BCUT2D eigenvalue weighted by atomic mass is 10.0. The molecular formula is C14H31N3O2S. The Balaban J connectivity index is 2.72. The summed E-state index contributed by atoms with van der Waals surface area (Å²) in [6, 6.07) is 0.486. The molecule has 1 aliphatic rings. The number of piperidine rings is 1. The van der Waals surface area contributed by atoms with Gasteiger partial charge in [0.25, 0.3) is 10.2 Å². The van der Waals surface area contributed by atoms with Gasteiger partial charge in [-0.3, -0.25) is 0 Å². The van der Waals surface area contributed by atoms with Crippen molar-refractivity contribution in [2.24, 2.45) is 0 Å². The Morgan fingerprint density at radius 2 is 2.05 bits per heavy atom. The van der Waals surface area contributed by atoms with E-state index in [0.29, 0.717) is 19.1 Å². The Bertz CT molecular complexity index is 371. The lowest BCUT2D eigenvalue weighted by Gasteiger charge is -2.37. The van der Waals surface area contributed by atoms with Crippen LogP contribution in [0.5, 0.6) is 0 Å². The molecule has 0 aromatic carbocycles. The highest BCUT2D eigenvalue weighted by atomic mass is 32.2. The first-order chi connectivity index (χ1) is 9.39. The summed E-state index contributed by atoms with van der Waals surface area (Å²) in [6.45, 7) is 8.28. The molecule has 1 aliphatic heterocycles. The van der Waals surface area contributed by atoms with E-state index in [4.69, 9.17) is 0 Å². The SMILES string of the molecule is CCCCN(C)S(=O)(=O)N1CCCCC1CNC(C)C. The largest absolute Gasteiger partial charge is 0.313 e. The summed E-state index contributed by atoms with van der Waals surface area (Å²) in [6.07, 6.45) is 4.98. The number of hydrogen-bond acceptors (Lipinski definition) is 3. The molecule has 1 N–H and O–H groups in total. The van der Waals surface area contributed by atoms with Gasteiger partial charge in [0.1, 0.15) is 0 Å². The van der Waals surface area contributed by atoms with Crippen LogP contribution in [0.4, 0.5) is 0 Å². The zero-order valence-corrected chi connectivity index (χ0v) is 14.2. The lowest BCUT2D eigenvalue weighted by Crippen LogP contribution is -2.53. The monoisotopic (exact) mass is 305 g/mol. The second-order valence-electron chi connectivity index (χ2n) is 6.01. The molecule has 20 heavy (non-hydrogen) atoms. The number of nitrogens with zero attached hydrogens (tertiary/aromatic N) is 2. The Kier molecular flexibility index (Phi) is 7.43. The molecule has 1 heterocycles. The molecule has 1 unspecified atom stereocenters. The van der Waals surface area contributed by atoms with Crippen LogP contribution in [0.1, 0.15) is 52.9 Å². The first kappa shape index (κ1) is 17.9. The smallest absolute Gasteiger partial charge is 0.282 e. The molecule has 1 fully saturated rings. The van der Waals surface area contributed by atoms with Crippen molar-refractivity contribution in [3.63, 3.8) is 0 Å². The van der Waals surface area contributed by atoms with Gasteiger partial charge in [-0.25, -0.2) is 0 Å². The van der Waals surface area contributed by atoms with Gasteiger partial charge in [0.15, 0.2) is 0 Å². The third kappa shape index (κ3) is 4.98. The topological polar surface area (TPSA) is 52.7 Å². The van der Waals surface area contributed by atoms with Crippen LogP contribution in [0.15, 0.2) is 0 Å². The Labute approximate surface area is 124 Å². The second kappa shape index (κ2) is 8.32. The molecule has 1 atom stereocenters. The average molecular weight is 305 g/mol. The minimum Gasteiger partial charge on any atom is -0.313 e. The Morgan fingerprint density at radius 3 is 2.65 bits per heavy atom. The van der Waals surface area contributed by atoms with Crippen LogP contribution in [-0.2, 0) is 10.2 Å². The normalized spacial score (nSPS) is 21.8. The molecule has 5 nitrogen and oxygen atoms in total. The Hall–Kier alpha value is -0.170. The predicted octanol–water partition coefficient (Wildman–Crippen LogP) is 1.82. The maximum absolute atomic E-state index is 12.7. The molecule has 6 heteroatoms. The van der Waals surface area contributed by atoms with E-state index in [1.165, 1.54) is 4.31 Å². The molecule has 0 saturated carbocycles. The molecule has 0 aliphatic carbocycles. The van der Waals surface area contributed by atoms with Crippen molar-refractivity contribution in [3.8, 4) is 0 Å². The fourth-order valence-corrected chi connectivity index (χ4v) is 4.16. The highest BCUT2D eigenvalue weighted by Crippen LogP contribution is 2.22. The van der Waals surface area contributed by atoms with E-state index < -0.39 is 10.2 Å².